The molecule has 1 aliphatic carbocycles. The summed E-state index contributed by atoms with van der Waals surface area (Å²) in [6, 6.07) is 5.65. The molecule has 1 aromatic heterocycles. The number of thioether (sulfide) groups is 1. The highest BCUT2D eigenvalue weighted by Gasteiger charge is 2.43. The lowest BCUT2D eigenvalue weighted by Gasteiger charge is -2.48. The van der Waals surface area contributed by atoms with E-state index in [9.17, 15) is 22.4 Å². The van der Waals surface area contributed by atoms with Gasteiger partial charge in [-0.05, 0) is 66.5 Å². The van der Waals surface area contributed by atoms with Crippen molar-refractivity contribution in [1.82, 2.24) is 19.4 Å². The average Bonchev–Trinajstić information content (AvgIpc) is 3.65. The standard InChI is InChI=1S/C36H26B12F4N4O2S/c1-3-54(4-2)12-13-55(32(58)35(47,48)56-18-7-5-6-17(18)31(57)53-33(56)59-14-15-8-10-16(49)11-9-15)34(45,46)21-27(41)23(37)19(24(38)28(21)42)20-25(39)29(43)22(36(50,51)52)30(44)26(20)40/h8-11H,3-7,12-14H2,1-2H3. The molecular formula is C36H26B12F4N4O2S. The summed E-state index contributed by atoms with van der Waals surface area (Å²) in [4.78, 5) is 35.5. The van der Waals surface area contributed by atoms with Gasteiger partial charge in [0, 0.05) is 41.0 Å². The molecule has 0 atom stereocenters. The lowest BCUT2D eigenvalue weighted by molar-refractivity contribution is -0.137. The van der Waals surface area contributed by atoms with E-state index >= 15 is 4.79 Å². The minimum Gasteiger partial charge on any atom is -0.348 e. The van der Waals surface area contributed by atoms with Gasteiger partial charge < -0.3 is 14.4 Å². The van der Waals surface area contributed by atoms with Gasteiger partial charge in [0.15, 0.2) is 5.16 Å². The molecule has 1 amide bonds. The molecule has 0 saturated carbocycles. The van der Waals surface area contributed by atoms with Crippen molar-refractivity contribution in [1.29, 1.82) is 0 Å². The van der Waals surface area contributed by atoms with Crippen LogP contribution in [0.3, 0.4) is 0 Å². The fraction of sp³-hybridized carbons (Fsp3) is 0.361. The Bertz CT molecular complexity index is 2300. The molecule has 0 spiro atoms. The van der Waals surface area contributed by atoms with Crippen molar-refractivity contribution in [3.05, 3.63) is 68.4 Å². The van der Waals surface area contributed by atoms with Gasteiger partial charge in [-0.1, -0.05) is 87.0 Å². The Kier molecular flexibility index (Phi) is 14.0. The van der Waals surface area contributed by atoms with Gasteiger partial charge in [-0.15, -0.1) is 0 Å². The summed E-state index contributed by atoms with van der Waals surface area (Å²) in [6.07, 6.45) is -3.84. The third kappa shape index (κ3) is 8.67. The van der Waals surface area contributed by atoms with E-state index in [2.05, 4.69) is 4.98 Å². The SMILES string of the molecule is [B]c1c([B])c(C(F)(F)F)c([B])c([B])c1-c1c([B])c([B])c(C([B])([B])N(CCN(CC)CC)C(=O)C([B])([B])n2c(SCc3ccc(F)cc3)nc(=O)c3c2CCC3)c([B])c1[B]. The number of rotatable bonds is 13. The van der Waals surface area contributed by atoms with E-state index in [0.717, 1.165) is 16.7 Å². The summed E-state index contributed by atoms with van der Waals surface area (Å²) in [5.41, 5.74) is -6.84. The number of halogens is 4. The summed E-state index contributed by atoms with van der Waals surface area (Å²) in [7, 11) is 77.7. The maximum Gasteiger partial charge on any atom is 0.415 e. The van der Waals surface area contributed by atoms with E-state index in [4.69, 9.17) is 94.2 Å². The molecule has 5 rings (SSSR count). The smallest absolute Gasteiger partial charge is 0.348 e. The van der Waals surface area contributed by atoms with Crippen LogP contribution in [0, 0.1) is 5.82 Å². The highest BCUT2D eigenvalue weighted by Crippen LogP contribution is 2.33. The topological polar surface area (TPSA) is 58.4 Å². The molecule has 0 fully saturated rings. The van der Waals surface area contributed by atoms with Crippen LogP contribution < -0.4 is 49.3 Å². The summed E-state index contributed by atoms with van der Waals surface area (Å²) < 4.78 is 56.7. The first-order valence-electron chi connectivity index (χ1n) is 18.2. The van der Waals surface area contributed by atoms with Crippen LogP contribution >= 0.6 is 11.8 Å². The van der Waals surface area contributed by atoms with Crippen molar-refractivity contribution in [2.75, 3.05) is 26.2 Å². The van der Waals surface area contributed by atoms with Crippen molar-refractivity contribution in [3.8, 4) is 11.1 Å². The maximum atomic E-state index is 15.1. The molecule has 1 aliphatic rings. The van der Waals surface area contributed by atoms with Gasteiger partial charge in [-0.2, -0.15) is 18.2 Å². The Hall–Kier alpha value is -3.18. The molecule has 0 unspecified atom stereocenters. The van der Waals surface area contributed by atoms with Gasteiger partial charge in [0.05, 0.1) is 15.7 Å². The third-order valence-corrected chi connectivity index (χ3v) is 11.6. The Morgan fingerprint density at radius 1 is 0.763 bits per heavy atom. The normalized spacial score (nSPS) is 13.2. The molecule has 24 radical (unpaired) electrons. The number of likely N-dealkylation sites (N-methyl/N-ethyl adjacent to an activating group) is 1. The molecule has 59 heavy (non-hydrogen) atoms. The zero-order chi connectivity index (χ0) is 44.1. The molecule has 23 heteroatoms. The zero-order valence-electron chi connectivity index (χ0n) is 32.4. The number of hydrogen-bond acceptors (Lipinski definition) is 5. The number of benzene rings is 3. The number of alkyl halides is 3. The number of carbonyl (C=O) groups is 1. The first kappa shape index (κ1) is 46.9. The van der Waals surface area contributed by atoms with E-state index in [-0.39, 0.29) is 35.1 Å². The van der Waals surface area contributed by atoms with Gasteiger partial charge in [-0.3, -0.25) is 9.59 Å². The Labute approximate surface area is 362 Å². The van der Waals surface area contributed by atoms with Crippen LogP contribution in [0.4, 0.5) is 17.6 Å². The molecule has 0 aliphatic heterocycles. The molecule has 4 aromatic rings. The molecule has 3 aromatic carbocycles. The molecule has 6 nitrogen and oxygen atoms in total. The van der Waals surface area contributed by atoms with Gasteiger partial charge in [0.2, 0.25) is 5.91 Å². The zero-order valence-corrected chi connectivity index (χ0v) is 33.2. The number of nitrogens with zero attached hydrogens (tertiary/aromatic N) is 4. The summed E-state index contributed by atoms with van der Waals surface area (Å²) >= 11 is 1.04. The summed E-state index contributed by atoms with van der Waals surface area (Å²) in [6.45, 7) is 4.77. The van der Waals surface area contributed by atoms with E-state index in [0.29, 0.717) is 49.2 Å². The van der Waals surface area contributed by atoms with Crippen LogP contribution in [0.2, 0.25) is 0 Å². The second-order valence-electron chi connectivity index (χ2n) is 14.2. The number of carbonyl (C=O) groups excluding carboxylic acids is 1. The number of fused-ring (bicyclic) bond motifs is 1. The summed E-state index contributed by atoms with van der Waals surface area (Å²) in [5.74, 6) is -1.34. The van der Waals surface area contributed by atoms with E-state index in [1.807, 2.05) is 18.7 Å². The fourth-order valence-corrected chi connectivity index (χ4v) is 8.37. The van der Waals surface area contributed by atoms with Crippen molar-refractivity contribution in [2.24, 2.45) is 0 Å². The highest BCUT2D eigenvalue weighted by atomic mass is 32.2. The van der Waals surface area contributed by atoms with Gasteiger partial charge in [-0.25, -0.2) is 4.39 Å². The third-order valence-electron chi connectivity index (χ3n) is 10.6. The van der Waals surface area contributed by atoms with E-state index < -0.39 is 89.0 Å². The van der Waals surface area contributed by atoms with Gasteiger partial charge >= 0.3 is 6.18 Å². The average molecular weight is 784 g/mol. The maximum absolute atomic E-state index is 15.1. The Morgan fingerprint density at radius 2 is 1.25 bits per heavy atom. The molecule has 0 saturated heterocycles. The Balaban J connectivity index is 1.70. The second-order valence-corrected chi connectivity index (χ2v) is 15.1. The number of aromatic nitrogens is 2. The molecular weight excluding hydrogens is 758 g/mol. The molecule has 0 N–H and O–H groups in total. The van der Waals surface area contributed by atoms with Crippen molar-refractivity contribution < 1.29 is 22.4 Å². The van der Waals surface area contributed by atoms with Gasteiger partial charge in [0.25, 0.3) is 5.56 Å². The quantitative estimate of drug-likeness (QED) is 0.0593. The lowest BCUT2D eigenvalue weighted by atomic mass is 9.48. The second kappa shape index (κ2) is 17.7. The number of hydrogen-bond donors (Lipinski definition) is 0. The Morgan fingerprint density at radius 3 is 1.73 bits per heavy atom. The van der Waals surface area contributed by atoms with E-state index in [1.165, 1.54) is 16.7 Å². The van der Waals surface area contributed by atoms with Crippen molar-refractivity contribution >= 4 is 156 Å². The van der Waals surface area contributed by atoms with Crippen LogP contribution in [-0.2, 0) is 40.2 Å². The van der Waals surface area contributed by atoms with Crippen molar-refractivity contribution in [3.63, 3.8) is 0 Å². The molecule has 272 valence electrons. The predicted molar refractivity (Wildman–Crippen MR) is 239 cm³/mol. The first-order chi connectivity index (χ1) is 27.4. The minimum absolute atomic E-state index is 0.0104. The lowest BCUT2D eigenvalue weighted by Crippen LogP contribution is -2.65. The fourth-order valence-electron chi connectivity index (χ4n) is 7.35. The van der Waals surface area contributed by atoms with E-state index in [1.54, 1.807) is 12.1 Å². The molecule has 1 heterocycles. The summed E-state index contributed by atoms with van der Waals surface area (Å²) in [5, 5.41) is -5.08. The van der Waals surface area contributed by atoms with Crippen LogP contribution in [0.5, 0.6) is 0 Å². The largest absolute Gasteiger partial charge is 0.415 e. The van der Waals surface area contributed by atoms with Crippen molar-refractivity contribution in [2.45, 2.75) is 60.9 Å². The first-order valence-corrected chi connectivity index (χ1v) is 19.2. The predicted octanol–water partition coefficient (Wildman–Crippen LogP) is -4.54. The number of amides is 1. The van der Waals surface area contributed by atoms with Crippen LogP contribution in [-0.4, -0.2) is 146 Å². The minimum atomic E-state index is -5.04. The van der Waals surface area contributed by atoms with Crippen LogP contribution in [0.1, 0.15) is 48.2 Å². The van der Waals surface area contributed by atoms with Gasteiger partial charge in [0.1, 0.15) is 84.3 Å². The monoisotopic (exact) mass is 786 g/mol. The van der Waals surface area contributed by atoms with Crippen LogP contribution in [0.15, 0.2) is 34.2 Å². The van der Waals surface area contributed by atoms with Crippen LogP contribution in [0.25, 0.3) is 11.1 Å². The highest BCUT2D eigenvalue weighted by molar-refractivity contribution is 7.98. The molecule has 0 bridgehead atoms.